The summed E-state index contributed by atoms with van der Waals surface area (Å²) in [6, 6.07) is 19.9. The topological polar surface area (TPSA) is 59.3 Å². The highest BCUT2D eigenvalue weighted by Crippen LogP contribution is 2.20. The average molecular weight is 307 g/mol. The van der Waals surface area contributed by atoms with E-state index in [9.17, 15) is 5.11 Å². The van der Waals surface area contributed by atoms with E-state index in [1.807, 2.05) is 30.3 Å². The third-order valence-corrected chi connectivity index (χ3v) is 4.27. The van der Waals surface area contributed by atoms with Crippen molar-refractivity contribution in [3.63, 3.8) is 0 Å². The zero-order valence-electron chi connectivity index (χ0n) is 13.0. The number of nitrogens with zero attached hydrogens (tertiary/aromatic N) is 2. The number of hydrogen-bond donors (Lipinski definition) is 2. The standard InChI is InChI=1S/C19H21N3O/c20-12-15-6-8-16(9-7-15)19(23)14-22-11-10-18(13-22)21-17-4-2-1-3-5-17/h1-9,18-19,21,23H,10-11,13-14H2. The molecule has 1 fully saturated rings. The van der Waals surface area contributed by atoms with Crippen molar-refractivity contribution in [1.82, 2.24) is 4.90 Å². The van der Waals surface area contributed by atoms with Gasteiger partial charge in [-0.1, -0.05) is 30.3 Å². The molecule has 0 aliphatic carbocycles. The number of nitrogens with one attached hydrogen (secondary N) is 1. The van der Waals surface area contributed by atoms with Crippen molar-refractivity contribution in [2.75, 3.05) is 25.0 Å². The van der Waals surface area contributed by atoms with Gasteiger partial charge in [0.1, 0.15) is 0 Å². The number of β-amino-alcohol motifs (C(OH)–C–C–N with tert-alkyl or cyclic N) is 1. The Morgan fingerprint density at radius 3 is 2.61 bits per heavy atom. The van der Waals surface area contributed by atoms with E-state index in [-0.39, 0.29) is 0 Å². The number of benzene rings is 2. The Bertz CT molecular complexity index is 663. The van der Waals surface area contributed by atoms with Gasteiger partial charge in [-0.3, -0.25) is 4.90 Å². The number of anilines is 1. The monoisotopic (exact) mass is 307 g/mol. The molecule has 118 valence electrons. The Hall–Kier alpha value is -2.35. The molecule has 4 heteroatoms. The molecule has 1 heterocycles. The first-order valence-electron chi connectivity index (χ1n) is 7.96. The summed E-state index contributed by atoms with van der Waals surface area (Å²) in [4.78, 5) is 2.28. The van der Waals surface area contributed by atoms with E-state index in [2.05, 4.69) is 28.4 Å². The van der Waals surface area contributed by atoms with Crippen molar-refractivity contribution in [2.24, 2.45) is 0 Å². The molecule has 0 amide bonds. The fourth-order valence-electron chi connectivity index (χ4n) is 3.02. The molecular formula is C19H21N3O. The molecule has 1 aliphatic rings. The summed E-state index contributed by atoms with van der Waals surface area (Å²) in [6.45, 7) is 2.54. The molecular weight excluding hydrogens is 286 g/mol. The Labute approximate surface area is 137 Å². The summed E-state index contributed by atoms with van der Waals surface area (Å²) >= 11 is 0. The van der Waals surface area contributed by atoms with Crippen LogP contribution in [0.15, 0.2) is 54.6 Å². The molecule has 2 N–H and O–H groups in total. The van der Waals surface area contributed by atoms with Crippen LogP contribution in [-0.4, -0.2) is 35.7 Å². The molecule has 4 nitrogen and oxygen atoms in total. The molecule has 0 saturated carbocycles. The molecule has 2 aromatic carbocycles. The van der Waals surface area contributed by atoms with Crippen molar-refractivity contribution in [1.29, 1.82) is 5.26 Å². The van der Waals surface area contributed by atoms with Crippen LogP contribution in [0.5, 0.6) is 0 Å². The Morgan fingerprint density at radius 1 is 1.17 bits per heavy atom. The molecule has 2 aromatic rings. The quantitative estimate of drug-likeness (QED) is 0.892. The van der Waals surface area contributed by atoms with E-state index >= 15 is 0 Å². The van der Waals surface area contributed by atoms with Gasteiger partial charge in [0.2, 0.25) is 0 Å². The summed E-state index contributed by atoms with van der Waals surface area (Å²) in [5.74, 6) is 0. The minimum Gasteiger partial charge on any atom is -0.387 e. The number of para-hydroxylation sites is 1. The summed E-state index contributed by atoms with van der Waals surface area (Å²) in [5.41, 5.74) is 2.63. The number of hydrogen-bond acceptors (Lipinski definition) is 4. The van der Waals surface area contributed by atoms with Gasteiger partial charge in [-0.15, -0.1) is 0 Å². The first-order chi connectivity index (χ1) is 11.2. The van der Waals surface area contributed by atoms with E-state index in [1.165, 1.54) is 0 Å². The third kappa shape index (κ3) is 4.10. The second-order valence-electron chi connectivity index (χ2n) is 6.01. The molecule has 1 saturated heterocycles. The zero-order chi connectivity index (χ0) is 16.1. The van der Waals surface area contributed by atoms with Gasteiger partial charge in [-0.25, -0.2) is 0 Å². The lowest BCUT2D eigenvalue weighted by Gasteiger charge is -2.21. The van der Waals surface area contributed by atoms with Gasteiger partial charge in [0.25, 0.3) is 0 Å². The lowest BCUT2D eigenvalue weighted by Crippen LogP contribution is -2.29. The number of likely N-dealkylation sites (tertiary alicyclic amines) is 1. The van der Waals surface area contributed by atoms with Gasteiger partial charge in [0, 0.05) is 31.4 Å². The van der Waals surface area contributed by atoms with Gasteiger partial charge < -0.3 is 10.4 Å². The minimum absolute atomic E-state index is 0.422. The Balaban J connectivity index is 1.52. The van der Waals surface area contributed by atoms with Crippen LogP contribution in [0.25, 0.3) is 0 Å². The van der Waals surface area contributed by atoms with E-state index in [1.54, 1.807) is 12.1 Å². The Kier molecular flexibility index (Phi) is 4.92. The first kappa shape index (κ1) is 15.5. The summed E-state index contributed by atoms with van der Waals surface area (Å²) < 4.78 is 0. The highest BCUT2D eigenvalue weighted by Gasteiger charge is 2.24. The summed E-state index contributed by atoms with van der Waals surface area (Å²) in [5, 5.41) is 22.7. The fraction of sp³-hybridized carbons (Fsp3) is 0.316. The highest BCUT2D eigenvalue weighted by molar-refractivity contribution is 5.43. The van der Waals surface area contributed by atoms with Gasteiger partial charge in [0.15, 0.2) is 0 Å². The van der Waals surface area contributed by atoms with E-state index in [0.29, 0.717) is 18.2 Å². The van der Waals surface area contributed by atoms with Crippen LogP contribution < -0.4 is 5.32 Å². The van der Waals surface area contributed by atoms with E-state index in [4.69, 9.17) is 5.26 Å². The van der Waals surface area contributed by atoms with Gasteiger partial charge in [-0.05, 0) is 36.2 Å². The first-order valence-corrected chi connectivity index (χ1v) is 7.96. The van der Waals surface area contributed by atoms with Crippen LogP contribution in [0.3, 0.4) is 0 Å². The second-order valence-corrected chi connectivity index (χ2v) is 6.01. The number of nitriles is 1. The smallest absolute Gasteiger partial charge is 0.0991 e. The van der Waals surface area contributed by atoms with Crippen molar-refractivity contribution < 1.29 is 5.11 Å². The lowest BCUT2D eigenvalue weighted by molar-refractivity contribution is 0.126. The van der Waals surface area contributed by atoms with Crippen LogP contribution in [0.2, 0.25) is 0 Å². The molecule has 0 bridgehead atoms. The van der Waals surface area contributed by atoms with E-state index in [0.717, 1.165) is 30.8 Å². The van der Waals surface area contributed by atoms with Crippen molar-refractivity contribution in [3.05, 3.63) is 65.7 Å². The maximum Gasteiger partial charge on any atom is 0.0991 e. The molecule has 0 spiro atoms. The molecule has 1 aliphatic heterocycles. The van der Waals surface area contributed by atoms with Gasteiger partial charge in [0.05, 0.1) is 17.7 Å². The molecule has 2 atom stereocenters. The summed E-state index contributed by atoms with van der Waals surface area (Å²) in [6.07, 6.45) is 0.563. The average Bonchev–Trinajstić information content (AvgIpc) is 3.02. The lowest BCUT2D eigenvalue weighted by atomic mass is 10.1. The Morgan fingerprint density at radius 2 is 1.91 bits per heavy atom. The maximum absolute atomic E-state index is 10.4. The van der Waals surface area contributed by atoms with Crippen LogP contribution in [0, 0.1) is 11.3 Å². The largest absolute Gasteiger partial charge is 0.387 e. The highest BCUT2D eigenvalue weighted by atomic mass is 16.3. The van der Waals surface area contributed by atoms with Crippen LogP contribution in [0.1, 0.15) is 23.7 Å². The second kappa shape index (κ2) is 7.28. The molecule has 0 radical (unpaired) electrons. The predicted octanol–water partition coefficient (Wildman–Crippen LogP) is 2.78. The zero-order valence-corrected chi connectivity index (χ0v) is 13.0. The third-order valence-electron chi connectivity index (χ3n) is 4.27. The maximum atomic E-state index is 10.4. The van der Waals surface area contributed by atoms with E-state index < -0.39 is 6.10 Å². The minimum atomic E-state index is -0.516. The molecule has 2 unspecified atom stereocenters. The predicted molar refractivity (Wildman–Crippen MR) is 91.0 cm³/mol. The van der Waals surface area contributed by atoms with Crippen molar-refractivity contribution in [3.8, 4) is 6.07 Å². The number of aliphatic hydroxyl groups excluding tert-OH is 1. The number of rotatable bonds is 5. The van der Waals surface area contributed by atoms with Crippen molar-refractivity contribution in [2.45, 2.75) is 18.6 Å². The number of aliphatic hydroxyl groups is 1. The van der Waals surface area contributed by atoms with Gasteiger partial charge in [-0.2, -0.15) is 5.26 Å². The van der Waals surface area contributed by atoms with Crippen LogP contribution in [0.4, 0.5) is 5.69 Å². The molecule has 23 heavy (non-hydrogen) atoms. The van der Waals surface area contributed by atoms with Crippen LogP contribution in [-0.2, 0) is 0 Å². The summed E-state index contributed by atoms with van der Waals surface area (Å²) in [7, 11) is 0. The van der Waals surface area contributed by atoms with Crippen LogP contribution >= 0.6 is 0 Å². The van der Waals surface area contributed by atoms with Gasteiger partial charge >= 0.3 is 0 Å². The fourth-order valence-corrected chi connectivity index (χ4v) is 3.02. The normalized spacial score (nSPS) is 19.2. The van der Waals surface area contributed by atoms with Crippen molar-refractivity contribution >= 4 is 5.69 Å². The molecule has 0 aromatic heterocycles. The molecule has 3 rings (SSSR count). The SMILES string of the molecule is N#Cc1ccc(C(O)CN2CCC(Nc3ccccc3)C2)cc1.